The predicted molar refractivity (Wildman–Crippen MR) is 57.3 cm³/mol. The van der Waals surface area contributed by atoms with E-state index in [4.69, 9.17) is 18.9 Å². The van der Waals surface area contributed by atoms with E-state index in [1.54, 1.807) is 0 Å². The number of aldehydes is 1. The Kier molecular flexibility index (Phi) is 2.74. The van der Waals surface area contributed by atoms with E-state index in [0.717, 1.165) is 25.5 Å². The van der Waals surface area contributed by atoms with Gasteiger partial charge in [-0.3, -0.25) is 0 Å². The van der Waals surface area contributed by atoms with Gasteiger partial charge in [-0.1, -0.05) is 0 Å². The fraction of sp³-hybridized carbons (Fsp3) is 0.917. The molecule has 3 aliphatic heterocycles. The van der Waals surface area contributed by atoms with Gasteiger partial charge in [-0.05, 0) is 26.7 Å². The lowest BCUT2D eigenvalue weighted by atomic mass is 10.1. The molecule has 3 saturated heterocycles. The molecule has 0 saturated carbocycles. The first-order chi connectivity index (χ1) is 8.07. The Morgan fingerprint density at radius 1 is 1.06 bits per heavy atom. The molecule has 0 amide bonds. The highest BCUT2D eigenvalue weighted by molar-refractivity contribution is 5.56. The molecule has 0 radical (unpaired) electrons. The number of carbonyl (C=O) groups excluding carboxylic acids is 1. The van der Waals surface area contributed by atoms with Crippen molar-refractivity contribution in [2.45, 2.75) is 69.6 Å². The third-order valence-electron chi connectivity index (χ3n) is 3.56. The highest BCUT2D eigenvalue weighted by Crippen LogP contribution is 2.40. The van der Waals surface area contributed by atoms with E-state index < -0.39 is 5.79 Å². The second-order valence-corrected chi connectivity index (χ2v) is 5.38. The third-order valence-corrected chi connectivity index (χ3v) is 3.56. The summed E-state index contributed by atoms with van der Waals surface area (Å²) < 4.78 is 22.8. The Morgan fingerprint density at radius 3 is 2.53 bits per heavy atom. The van der Waals surface area contributed by atoms with E-state index in [1.165, 1.54) is 0 Å². The summed E-state index contributed by atoms with van der Waals surface area (Å²) in [5.74, 6) is -0.553. The van der Waals surface area contributed by atoms with E-state index in [-0.39, 0.29) is 30.7 Å². The molecule has 17 heavy (non-hydrogen) atoms. The average Bonchev–Trinajstić information content (AvgIpc) is 2.88. The Labute approximate surface area is 100 Å². The predicted octanol–water partition coefficient (Wildman–Crippen LogP) is 0.999. The molecule has 3 heterocycles. The maximum absolute atomic E-state index is 10.6. The van der Waals surface area contributed by atoms with Crippen molar-refractivity contribution in [3.05, 3.63) is 0 Å². The minimum Gasteiger partial charge on any atom is -0.365 e. The zero-order chi connectivity index (χ0) is 12.0. The van der Waals surface area contributed by atoms with Crippen LogP contribution in [0, 0.1) is 0 Å². The van der Waals surface area contributed by atoms with Crippen LogP contribution in [0.1, 0.15) is 33.1 Å². The minimum absolute atomic E-state index is 0.00566. The molecule has 0 aromatic heterocycles. The van der Waals surface area contributed by atoms with Gasteiger partial charge in [0.05, 0.1) is 12.2 Å². The van der Waals surface area contributed by atoms with Crippen LogP contribution in [-0.2, 0) is 23.7 Å². The molecule has 3 aliphatic rings. The van der Waals surface area contributed by atoms with E-state index >= 15 is 0 Å². The van der Waals surface area contributed by atoms with Gasteiger partial charge in [0, 0.05) is 6.42 Å². The summed E-state index contributed by atoms with van der Waals surface area (Å²) in [4.78, 5) is 10.6. The van der Waals surface area contributed by atoms with Gasteiger partial charge in [0.15, 0.2) is 12.1 Å². The number of hydrogen-bond donors (Lipinski definition) is 0. The molecule has 96 valence electrons. The Balaban J connectivity index is 1.58. The van der Waals surface area contributed by atoms with Gasteiger partial charge >= 0.3 is 0 Å². The van der Waals surface area contributed by atoms with Gasteiger partial charge in [0.2, 0.25) is 0 Å². The van der Waals surface area contributed by atoms with Crippen LogP contribution in [0.2, 0.25) is 0 Å². The van der Waals surface area contributed by atoms with Crippen molar-refractivity contribution < 1.29 is 23.7 Å². The molecule has 3 rings (SSSR count). The van der Waals surface area contributed by atoms with Crippen molar-refractivity contribution in [1.29, 1.82) is 0 Å². The third kappa shape index (κ3) is 2.12. The smallest absolute Gasteiger partial charge is 0.187 e. The Morgan fingerprint density at radius 2 is 1.88 bits per heavy atom. The molecular weight excluding hydrogens is 224 g/mol. The molecule has 0 unspecified atom stereocenters. The van der Waals surface area contributed by atoms with Crippen LogP contribution >= 0.6 is 0 Å². The van der Waals surface area contributed by atoms with Crippen LogP contribution < -0.4 is 0 Å². The molecule has 0 aromatic rings. The summed E-state index contributed by atoms with van der Waals surface area (Å²) in [7, 11) is 0. The SMILES string of the molecule is CC1(C)O[C@H]2O[C@H]([C@H]3CC[C@H](C=O)O3)C[C@H]2O1. The quantitative estimate of drug-likeness (QED) is 0.676. The summed E-state index contributed by atoms with van der Waals surface area (Å²) in [6.45, 7) is 3.77. The van der Waals surface area contributed by atoms with Crippen LogP contribution in [0.15, 0.2) is 0 Å². The molecular formula is C12H18O5. The van der Waals surface area contributed by atoms with Crippen molar-refractivity contribution in [1.82, 2.24) is 0 Å². The topological polar surface area (TPSA) is 54.0 Å². The standard InChI is InChI=1S/C12H18O5/c1-12(2)16-10-5-9(15-11(10)17-12)8-4-3-7(6-13)14-8/h6-11H,3-5H2,1-2H3/t7-,8-,9+,10-,11-/m1/s1. The molecule has 3 fully saturated rings. The first kappa shape index (κ1) is 11.6. The van der Waals surface area contributed by atoms with Crippen molar-refractivity contribution >= 4 is 6.29 Å². The summed E-state index contributed by atoms with van der Waals surface area (Å²) in [5.41, 5.74) is 0. The number of rotatable bonds is 2. The molecule has 5 heteroatoms. The van der Waals surface area contributed by atoms with Crippen LogP contribution in [-0.4, -0.2) is 42.8 Å². The largest absolute Gasteiger partial charge is 0.365 e. The van der Waals surface area contributed by atoms with E-state index in [1.807, 2.05) is 13.8 Å². The van der Waals surface area contributed by atoms with Crippen LogP contribution in [0.5, 0.6) is 0 Å². The first-order valence-electron chi connectivity index (χ1n) is 6.19. The fourth-order valence-corrected chi connectivity index (χ4v) is 2.84. The maximum Gasteiger partial charge on any atom is 0.187 e. The summed E-state index contributed by atoms with van der Waals surface area (Å²) in [6.07, 6.45) is 2.76. The second kappa shape index (κ2) is 4.02. The molecule has 0 aromatic carbocycles. The zero-order valence-corrected chi connectivity index (χ0v) is 10.1. The lowest BCUT2D eigenvalue weighted by Gasteiger charge is -2.23. The fourth-order valence-electron chi connectivity index (χ4n) is 2.84. The van der Waals surface area contributed by atoms with Gasteiger partial charge in [-0.15, -0.1) is 0 Å². The van der Waals surface area contributed by atoms with Gasteiger partial charge in [0.1, 0.15) is 18.5 Å². The summed E-state index contributed by atoms with van der Waals surface area (Å²) in [6, 6.07) is 0. The van der Waals surface area contributed by atoms with Crippen LogP contribution in [0.3, 0.4) is 0 Å². The molecule has 0 aliphatic carbocycles. The highest BCUT2D eigenvalue weighted by Gasteiger charge is 2.51. The molecule has 5 atom stereocenters. The number of hydrogen-bond acceptors (Lipinski definition) is 5. The van der Waals surface area contributed by atoms with Crippen molar-refractivity contribution in [3.63, 3.8) is 0 Å². The Bertz CT molecular complexity index is 300. The average molecular weight is 242 g/mol. The summed E-state index contributed by atoms with van der Waals surface area (Å²) in [5, 5.41) is 0. The van der Waals surface area contributed by atoms with E-state index in [9.17, 15) is 4.79 Å². The molecule has 0 bridgehead atoms. The monoisotopic (exact) mass is 242 g/mol. The first-order valence-corrected chi connectivity index (χ1v) is 6.19. The van der Waals surface area contributed by atoms with Gasteiger partial charge in [0.25, 0.3) is 0 Å². The van der Waals surface area contributed by atoms with Gasteiger partial charge in [-0.2, -0.15) is 0 Å². The minimum atomic E-state index is -0.553. The highest BCUT2D eigenvalue weighted by atomic mass is 16.8. The number of ether oxygens (including phenoxy) is 4. The van der Waals surface area contributed by atoms with Crippen molar-refractivity contribution in [2.24, 2.45) is 0 Å². The van der Waals surface area contributed by atoms with E-state index in [0.29, 0.717) is 0 Å². The van der Waals surface area contributed by atoms with Crippen molar-refractivity contribution in [2.75, 3.05) is 0 Å². The van der Waals surface area contributed by atoms with Crippen molar-refractivity contribution in [3.8, 4) is 0 Å². The normalized spacial score (nSPS) is 48.2. The van der Waals surface area contributed by atoms with Gasteiger partial charge < -0.3 is 23.7 Å². The zero-order valence-electron chi connectivity index (χ0n) is 10.1. The van der Waals surface area contributed by atoms with E-state index in [2.05, 4.69) is 0 Å². The van der Waals surface area contributed by atoms with Crippen LogP contribution in [0.4, 0.5) is 0 Å². The second-order valence-electron chi connectivity index (χ2n) is 5.38. The molecule has 0 spiro atoms. The maximum atomic E-state index is 10.6. The lowest BCUT2D eigenvalue weighted by molar-refractivity contribution is -0.215. The molecule has 0 N–H and O–H groups in total. The Hall–Kier alpha value is -0.490. The molecule has 5 nitrogen and oxygen atoms in total. The number of fused-ring (bicyclic) bond motifs is 1. The van der Waals surface area contributed by atoms with Crippen LogP contribution in [0.25, 0.3) is 0 Å². The lowest BCUT2D eigenvalue weighted by Crippen LogP contribution is -2.31. The summed E-state index contributed by atoms with van der Waals surface area (Å²) >= 11 is 0. The van der Waals surface area contributed by atoms with Gasteiger partial charge in [-0.25, -0.2) is 0 Å². The number of carbonyl (C=O) groups is 1.